The van der Waals surface area contributed by atoms with E-state index in [1.54, 1.807) is 36.8 Å². The van der Waals surface area contributed by atoms with Crippen molar-refractivity contribution in [3.05, 3.63) is 46.7 Å². The Bertz CT molecular complexity index is 582. The number of hydrazone groups is 1. The first-order valence-electron chi connectivity index (χ1n) is 5.91. The Hall–Kier alpha value is -2.34. The first-order chi connectivity index (χ1) is 9.79. The van der Waals surface area contributed by atoms with Crippen molar-refractivity contribution in [1.82, 2.24) is 5.43 Å². The fourth-order valence-corrected chi connectivity index (χ4v) is 2.03. The minimum absolute atomic E-state index is 0.123. The number of methoxy groups -OCH3 is 1. The van der Waals surface area contributed by atoms with Gasteiger partial charge < -0.3 is 9.47 Å². The molecule has 0 unspecified atom stereocenters. The minimum Gasteiger partial charge on any atom is -0.493 e. The third kappa shape index (κ3) is 4.10. The number of hydrogen-bond acceptors (Lipinski definition) is 5. The van der Waals surface area contributed by atoms with Crippen molar-refractivity contribution >= 4 is 23.5 Å². The van der Waals surface area contributed by atoms with E-state index in [4.69, 9.17) is 9.47 Å². The summed E-state index contributed by atoms with van der Waals surface area (Å²) < 4.78 is 10.5. The highest BCUT2D eigenvalue weighted by molar-refractivity contribution is 7.11. The van der Waals surface area contributed by atoms with E-state index in [1.165, 1.54) is 0 Å². The van der Waals surface area contributed by atoms with Crippen LogP contribution in [0.2, 0.25) is 0 Å². The SMILES string of the molecule is COc1ccccc1OCC(=O)NN=Cc1cccs1. The van der Waals surface area contributed by atoms with Crippen LogP contribution in [-0.4, -0.2) is 25.8 Å². The summed E-state index contributed by atoms with van der Waals surface area (Å²) in [5.74, 6) is 0.776. The van der Waals surface area contributed by atoms with Crippen LogP contribution >= 0.6 is 11.3 Å². The van der Waals surface area contributed by atoms with E-state index in [-0.39, 0.29) is 12.5 Å². The van der Waals surface area contributed by atoms with Gasteiger partial charge in [-0.1, -0.05) is 18.2 Å². The van der Waals surface area contributed by atoms with Crippen LogP contribution in [0.5, 0.6) is 11.5 Å². The molecule has 2 rings (SSSR count). The van der Waals surface area contributed by atoms with Gasteiger partial charge >= 0.3 is 0 Å². The van der Waals surface area contributed by atoms with E-state index in [2.05, 4.69) is 10.5 Å². The Morgan fingerprint density at radius 3 is 2.80 bits per heavy atom. The van der Waals surface area contributed by atoms with Gasteiger partial charge in [-0.05, 0) is 23.6 Å². The fourth-order valence-electron chi connectivity index (χ4n) is 1.45. The number of carbonyl (C=O) groups is 1. The van der Waals surface area contributed by atoms with Gasteiger partial charge in [-0.3, -0.25) is 4.79 Å². The lowest BCUT2D eigenvalue weighted by atomic mass is 10.3. The highest BCUT2D eigenvalue weighted by Crippen LogP contribution is 2.25. The summed E-state index contributed by atoms with van der Waals surface area (Å²) in [6.45, 7) is -0.123. The molecule has 104 valence electrons. The summed E-state index contributed by atoms with van der Waals surface area (Å²) in [7, 11) is 1.55. The number of hydrogen-bond donors (Lipinski definition) is 1. The van der Waals surface area contributed by atoms with Gasteiger partial charge in [0.05, 0.1) is 13.3 Å². The maximum Gasteiger partial charge on any atom is 0.277 e. The van der Waals surface area contributed by atoms with E-state index in [0.29, 0.717) is 11.5 Å². The minimum atomic E-state index is -0.330. The zero-order valence-corrected chi connectivity index (χ0v) is 11.7. The van der Waals surface area contributed by atoms with Crippen molar-refractivity contribution in [3.8, 4) is 11.5 Å². The van der Waals surface area contributed by atoms with Crippen molar-refractivity contribution in [2.75, 3.05) is 13.7 Å². The summed E-state index contributed by atoms with van der Waals surface area (Å²) in [5, 5.41) is 5.78. The molecule has 20 heavy (non-hydrogen) atoms. The van der Waals surface area contributed by atoms with Gasteiger partial charge in [-0.2, -0.15) is 5.10 Å². The summed E-state index contributed by atoms with van der Waals surface area (Å²) >= 11 is 1.54. The number of para-hydroxylation sites is 2. The standard InChI is InChI=1S/C14H14N2O3S/c1-18-12-6-2-3-7-13(12)19-10-14(17)16-15-9-11-5-4-8-20-11/h2-9H,10H2,1H3,(H,16,17). The molecule has 1 amide bonds. The van der Waals surface area contributed by atoms with E-state index in [0.717, 1.165) is 4.88 Å². The zero-order chi connectivity index (χ0) is 14.2. The number of amides is 1. The summed E-state index contributed by atoms with van der Waals surface area (Å²) in [6, 6.07) is 11.0. The first-order valence-corrected chi connectivity index (χ1v) is 6.79. The molecule has 5 nitrogen and oxygen atoms in total. The molecular formula is C14H14N2O3S. The van der Waals surface area contributed by atoms with Crippen LogP contribution in [0.4, 0.5) is 0 Å². The van der Waals surface area contributed by atoms with Crippen molar-refractivity contribution in [1.29, 1.82) is 0 Å². The van der Waals surface area contributed by atoms with Gasteiger partial charge in [-0.25, -0.2) is 5.43 Å². The van der Waals surface area contributed by atoms with Crippen LogP contribution in [0.15, 0.2) is 46.9 Å². The number of nitrogens with zero attached hydrogens (tertiary/aromatic N) is 1. The summed E-state index contributed by atoms with van der Waals surface area (Å²) in [4.78, 5) is 12.5. The average molecular weight is 290 g/mol. The largest absolute Gasteiger partial charge is 0.493 e. The van der Waals surface area contributed by atoms with Gasteiger partial charge in [0.25, 0.3) is 5.91 Å². The molecule has 6 heteroatoms. The second-order valence-corrected chi connectivity index (χ2v) is 4.73. The Morgan fingerprint density at radius 1 is 1.30 bits per heavy atom. The predicted molar refractivity (Wildman–Crippen MR) is 78.5 cm³/mol. The number of thiophene rings is 1. The van der Waals surface area contributed by atoms with Gasteiger partial charge in [0, 0.05) is 4.88 Å². The number of carbonyl (C=O) groups excluding carboxylic acids is 1. The number of ether oxygens (including phenoxy) is 2. The Morgan fingerprint density at radius 2 is 2.10 bits per heavy atom. The lowest BCUT2D eigenvalue weighted by molar-refractivity contribution is -0.123. The van der Waals surface area contributed by atoms with Crippen LogP contribution in [-0.2, 0) is 4.79 Å². The molecule has 1 aromatic heterocycles. The molecule has 0 atom stereocenters. The molecule has 0 saturated heterocycles. The van der Waals surface area contributed by atoms with Gasteiger partial charge in [0.1, 0.15) is 0 Å². The molecule has 0 aliphatic heterocycles. The monoisotopic (exact) mass is 290 g/mol. The Labute approximate surface area is 120 Å². The Kier molecular flexibility index (Phi) is 5.14. The van der Waals surface area contributed by atoms with Crippen LogP contribution < -0.4 is 14.9 Å². The maximum absolute atomic E-state index is 11.6. The second-order valence-electron chi connectivity index (χ2n) is 3.75. The molecule has 0 spiro atoms. The first kappa shape index (κ1) is 14.1. The average Bonchev–Trinajstić information content (AvgIpc) is 2.98. The second kappa shape index (κ2) is 7.30. The third-order valence-corrected chi connectivity index (χ3v) is 3.16. The van der Waals surface area contributed by atoms with Gasteiger partial charge in [0.15, 0.2) is 18.1 Å². The van der Waals surface area contributed by atoms with E-state index < -0.39 is 0 Å². The van der Waals surface area contributed by atoms with Gasteiger partial charge in [-0.15, -0.1) is 11.3 Å². The van der Waals surface area contributed by atoms with Crippen LogP contribution in [0, 0.1) is 0 Å². The van der Waals surface area contributed by atoms with Crippen LogP contribution in [0.3, 0.4) is 0 Å². The molecule has 0 aliphatic carbocycles. The topological polar surface area (TPSA) is 59.9 Å². The molecule has 0 aliphatic rings. The molecule has 1 heterocycles. The van der Waals surface area contributed by atoms with Crippen molar-refractivity contribution in [2.45, 2.75) is 0 Å². The molecule has 0 fully saturated rings. The molecule has 2 aromatic rings. The quantitative estimate of drug-likeness (QED) is 0.656. The molecule has 0 radical (unpaired) electrons. The molecule has 0 saturated carbocycles. The van der Waals surface area contributed by atoms with Crippen molar-refractivity contribution in [3.63, 3.8) is 0 Å². The van der Waals surface area contributed by atoms with Crippen LogP contribution in [0.1, 0.15) is 4.88 Å². The number of nitrogens with one attached hydrogen (secondary N) is 1. The lowest BCUT2D eigenvalue weighted by Gasteiger charge is -2.08. The maximum atomic E-state index is 11.6. The lowest BCUT2D eigenvalue weighted by Crippen LogP contribution is -2.24. The number of benzene rings is 1. The predicted octanol–water partition coefficient (Wildman–Crippen LogP) is 2.29. The van der Waals surface area contributed by atoms with Crippen LogP contribution in [0.25, 0.3) is 0 Å². The van der Waals surface area contributed by atoms with E-state index >= 15 is 0 Å². The summed E-state index contributed by atoms with van der Waals surface area (Å²) in [5.41, 5.74) is 2.40. The van der Waals surface area contributed by atoms with Gasteiger partial charge in [0.2, 0.25) is 0 Å². The van der Waals surface area contributed by atoms with Crippen molar-refractivity contribution < 1.29 is 14.3 Å². The fraction of sp³-hybridized carbons (Fsp3) is 0.143. The smallest absolute Gasteiger partial charge is 0.277 e. The zero-order valence-electron chi connectivity index (χ0n) is 10.9. The number of rotatable bonds is 6. The summed E-state index contributed by atoms with van der Waals surface area (Å²) in [6.07, 6.45) is 1.59. The third-order valence-electron chi connectivity index (χ3n) is 2.35. The molecular weight excluding hydrogens is 276 g/mol. The normalized spacial score (nSPS) is 10.4. The van der Waals surface area contributed by atoms with E-state index in [9.17, 15) is 4.79 Å². The molecule has 0 bridgehead atoms. The van der Waals surface area contributed by atoms with Crippen molar-refractivity contribution in [2.24, 2.45) is 5.10 Å². The highest BCUT2D eigenvalue weighted by Gasteiger charge is 2.05. The molecule has 1 N–H and O–H groups in total. The molecule has 1 aromatic carbocycles. The van der Waals surface area contributed by atoms with E-state index in [1.807, 2.05) is 29.6 Å². The Balaban J connectivity index is 1.80. The highest BCUT2D eigenvalue weighted by atomic mass is 32.1.